The fourth-order valence-corrected chi connectivity index (χ4v) is 9.17. The van der Waals surface area contributed by atoms with Gasteiger partial charge in [0, 0.05) is 111 Å². The SMILES string of the molecule is C#CCNC(=O)c1cc(CC(=O)C=C)cc(C(=N)c2ccccc2N)c1.C=CC(=O)Cc1cc(C(=N)c2ccccc2N)cc(C(=O)NC)c1.C=CC(=O)Cc1cccc(C(=N)c2ccc(C)cc2N)c1.C=CC(=O)Cc1cccc(C(=N)c2ccc(C)cc2N)c1. The van der Waals surface area contributed by atoms with Crippen molar-refractivity contribution < 1.29 is 28.8 Å². The fraction of sp³-hybridized carbons (Fsp3) is 0.105. The van der Waals surface area contributed by atoms with Crippen molar-refractivity contribution in [2.75, 3.05) is 36.5 Å². The molecule has 0 bridgehead atoms. The van der Waals surface area contributed by atoms with Gasteiger partial charge in [0.15, 0.2) is 23.1 Å². The zero-order chi connectivity index (χ0) is 67.6. The minimum atomic E-state index is -0.370. The van der Waals surface area contributed by atoms with Gasteiger partial charge in [-0.25, -0.2) is 0 Å². The van der Waals surface area contributed by atoms with Gasteiger partial charge in [-0.3, -0.25) is 50.4 Å². The number of hydrogen-bond acceptors (Lipinski definition) is 14. The smallest absolute Gasteiger partial charge is 0.252 e. The number of anilines is 4. The summed E-state index contributed by atoms with van der Waals surface area (Å²) in [5.41, 5.74) is 38.0. The number of nitrogens with two attached hydrogens (primary N) is 4. The number of benzene rings is 8. The van der Waals surface area contributed by atoms with Crippen molar-refractivity contribution in [2.24, 2.45) is 0 Å². The van der Waals surface area contributed by atoms with Crippen molar-refractivity contribution in [1.29, 1.82) is 21.6 Å². The van der Waals surface area contributed by atoms with Crippen LogP contribution in [0, 0.1) is 47.8 Å². The van der Waals surface area contributed by atoms with Gasteiger partial charge in [0.1, 0.15) is 0 Å². The van der Waals surface area contributed by atoms with E-state index in [1.54, 1.807) is 84.9 Å². The predicted molar refractivity (Wildman–Crippen MR) is 373 cm³/mol. The average molecular weight is 1220 g/mol. The molecule has 0 aliphatic carbocycles. The summed E-state index contributed by atoms with van der Waals surface area (Å²) in [7, 11) is 1.53. The number of ketones is 4. The Bertz CT molecular complexity index is 4140. The molecule has 92 heavy (non-hydrogen) atoms. The molecule has 16 heteroatoms. The van der Waals surface area contributed by atoms with E-state index >= 15 is 0 Å². The van der Waals surface area contributed by atoms with E-state index in [1.807, 2.05) is 98.8 Å². The molecule has 0 radical (unpaired) electrons. The zero-order valence-electron chi connectivity index (χ0n) is 51.7. The summed E-state index contributed by atoms with van der Waals surface area (Å²) in [6.07, 6.45) is 11.1. The number of carbonyl (C=O) groups excluding carboxylic acids is 6. The molecule has 464 valence electrons. The first kappa shape index (κ1) is 70.5. The van der Waals surface area contributed by atoms with E-state index in [4.69, 9.17) is 51.0 Å². The summed E-state index contributed by atoms with van der Waals surface area (Å²) in [4.78, 5) is 70.5. The lowest BCUT2D eigenvalue weighted by molar-refractivity contribution is -0.114. The maximum Gasteiger partial charge on any atom is 0.252 e. The van der Waals surface area contributed by atoms with Gasteiger partial charge in [0.2, 0.25) is 0 Å². The standard InChI is InChI=1S/C21H19N3O2.C19H19N3O2.2C18H18N2O/c1-3-9-24-21(26)16-11-14(12-17(25)4-2)10-15(13-16)20(23)18-7-5-6-8-19(18)22;1-3-15(23)10-12-8-13(11-14(9-12)19(24)22-2)18(21)16-6-4-5-7-17(16)20;2*1-3-15(21)11-13-5-4-6-14(10-13)18(20)16-8-7-12(2)9-17(16)19/h1,4-8,10-11,13,23H,2,9,12,22H2,(H,24,26);3-9,11,21H,1,10,20H2,2H3,(H,22,24);2*3-10,20H,1,11,19H2,2H3. The molecule has 2 amide bonds. The molecule has 8 aromatic rings. The Kier molecular flexibility index (Phi) is 26.3. The van der Waals surface area contributed by atoms with Gasteiger partial charge in [-0.1, -0.05) is 129 Å². The first-order valence-corrected chi connectivity index (χ1v) is 28.7. The largest absolute Gasteiger partial charge is 0.398 e. The van der Waals surface area contributed by atoms with Gasteiger partial charge in [-0.15, -0.1) is 6.42 Å². The lowest BCUT2D eigenvalue weighted by Crippen LogP contribution is -2.24. The molecule has 0 saturated carbocycles. The van der Waals surface area contributed by atoms with Gasteiger partial charge in [0.25, 0.3) is 11.8 Å². The van der Waals surface area contributed by atoms with Crippen molar-refractivity contribution >= 4 is 80.5 Å². The van der Waals surface area contributed by atoms with E-state index in [2.05, 4.69) is 42.9 Å². The number of nitrogens with one attached hydrogen (secondary N) is 6. The number of carbonyl (C=O) groups is 6. The third-order valence-electron chi connectivity index (χ3n) is 13.9. The van der Waals surface area contributed by atoms with Crippen LogP contribution >= 0.6 is 0 Å². The molecule has 16 nitrogen and oxygen atoms in total. The van der Waals surface area contributed by atoms with E-state index in [9.17, 15) is 28.8 Å². The molecule has 0 heterocycles. The molecule has 0 aliphatic rings. The summed E-state index contributed by atoms with van der Waals surface area (Å²) < 4.78 is 0. The first-order chi connectivity index (χ1) is 43.9. The second-order valence-electron chi connectivity index (χ2n) is 20.9. The van der Waals surface area contributed by atoms with Crippen molar-refractivity contribution in [3.63, 3.8) is 0 Å². The molecule has 8 rings (SSSR count). The Hall–Kier alpha value is -12.2. The van der Waals surface area contributed by atoms with Gasteiger partial charge >= 0.3 is 0 Å². The maximum absolute atomic E-state index is 12.3. The van der Waals surface area contributed by atoms with Gasteiger partial charge in [0.05, 0.1) is 29.4 Å². The average Bonchev–Trinajstić information content (AvgIpc) is 1.05. The number of amides is 2. The molecule has 0 saturated heterocycles. The molecule has 0 aromatic heterocycles. The van der Waals surface area contributed by atoms with Gasteiger partial charge in [-0.05, 0) is 144 Å². The van der Waals surface area contributed by atoms with Crippen LogP contribution < -0.4 is 33.6 Å². The van der Waals surface area contributed by atoms with Crippen LogP contribution in [0.25, 0.3) is 0 Å². The minimum absolute atomic E-state index is 0.0338. The number of rotatable bonds is 23. The van der Waals surface area contributed by atoms with Crippen LogP contribution in [0.2, 0.25) is 0 Å². The summed E-state index contributed by atoms with van der Waals surface area (Å²) in [6.45, 7) is 17.9. The third kappa shape index (κ3) is 20.4. The van der Waals surface area contributed by atoms with Crippen LogP contribution in [0.5, 0.6) is 0 Å². The summed E-state index contributed by atoms with van der Waals surface area (Å²) in [6, 6.07) is 50.1. The highest BCUT2D eigenvalue weighted by molar-refractivity contribution is 6.17. The third-order valence-corrected chi connectivity index (χ3v) is 13.9. The number of aryl methyl sites for hydroxylation is 2. The van der Waals surface area contributed by atoms with Crippen molar-refractivity contribution in [3.8, 4) is 12.3 Å². The molecule has 14 N–H and O–H groups in total. The molecular weight excluding hydrogens is 1150 g/mol. The highest BCUT2D eigenvalue weighted by Gasteiger charge is 2.18. The summed E-state index contributed by atoms with van der Waals surface area (Å²) >= 11 is 0. The highest BCUT2D eigenvalue weighted by Crippen LogP contribution is 2.24. The predicted octanol–water partition coefficient (Wildman–Crippen LogP) is 11.3. The zero-order valence-corrected chi connectivity index (χ0v) is 51.7. The topological polar surface area (TPSA) is 326 Å². The van der Waals surface area contributed by atoms with Crippen LogP contribution in [0.3, 0.4) is 0 Å². The lowest BCUT2D eigenvalue weighted by atomic mass is 9.95. The van der Waals surface area contributed by atoms with Crippen LogP contribution in [0.15, 0.2) is 220 Å². The summed E-state index contributed by atoms with van der Waals surface area (Å²) in [5, 5.41) is 38.7. The van der Waals surface area contributed by atoms with E-state index in [-0.39, 0.29) is 65.8 Å². The molecule has 0 atom stereocenters. The van der Waals surface area contributed by atoms with Crippen molar-refractivity contribution in [1.82, 2.24) is 10.6 Å². The Morgan fingerprint density at radius 2 is 0.728 bits per heavy atom. The maximum atomic E-state index is 12.3. The van der Waals surface area contributed by atoms with Crippen LogP contribution in [0.4, 0.5) is 22.7 Å². The number of nitrogen functional groups attached to an aromatic ring is 4. The van der Waals surface area contributed by atoms with Crippen LogP contribution in [-0.2, 0) is 44.9 Å². The van der Waals surface area contributed by atoms with E-state index in [0.717, 1.165) is 33.4 Å². The van der Waals surface area contributed by atoms with Gasteiger partial charge < -0.3 is 33.6 Å². The Morgan fingerprint density at radius 1 is 0.402 bits per heavy atom. The number of para-hydroxylation sites is 2. The van der Waals surface area contributed by atoms with Gasteiger partial charge in [-0.2, -0.15) is 0 Å². The van der Waals surface area contributed by atoms with Crippen LogP contribution in [-0.4, -0.2) is 71.4 Å². The van der Waals surface area contributed by atoms with E-state index in [1.165, 1.54) is 31.4 Å². The summed E-state index contributed by atoms with van der Waals surface area (Å²) in [5.74, 6) is 1.29. The number of allylic oxidation sites excluding steroid dienone is 4. The Morgan fingerprint density at radius 3 is 1.08 bits per heavy atom. The van der Waals surface area contributed by atoms with Crippen molar-refractivity contribution in [3.05, 3.63) is 309 Å². The second kappa shape index (κ2) is 34.4. The molecule has 0 unspecified atom stereocenters. The minimum Gasteiger partial charge on any atom is -0.398 e. The molecular formula is C76H74N10O6. The van der Waals surface area contributed by atoms with Crippen molar-refractivity contribution in [2.45, 2.75) is 39.5 Å². The fourth-order valence-electron chi connectivity index (χ4n) is 9.17. The number of terminal acetylenes is 1. The van der Waals surface area contributed by atoms with E-state index in [0.29, 0.717) is 103 Å². The van der Waals surface area contributed by atoms with E-state index < -0.39 is 0 Å². The molecule has 8 aromatic carbocycles. The monoisotopic (exact) mass is 1220 g/mol. The highest BCUT2D eigenvalue weighted by atomic mass is 16.2. The molecule has 0 fully saturated rings. The Labute approximate surface area is 536 Å². The lowest BCUT2D eigenvalue weighted by Gasteiger charge is -2.12. The molecule has 0 spiro atoms. The van der Waals surface area contributed by atoms with Crippen LogP contribution in [0.1, 0.15) is 98.6 Å². The Balaban J connectivity index is 0.000000223. The second-order valence-corrected chi connectivity index (χ2v) is 20.9. The quantitative estimate of drug-likeness (QED) is 0.0125. The first-order valence-electron chi connectivity index (χ1n) is 28.7. The normalized spacial score (nSPS) is 10.0. The number of hydrogen-bond donors (Lipinski definition) is 10. The molecule has 0 aliphatic heterocycles.